The predicted octanol–water partition coefficient (Wildman–Crippen LogP) is 4.11. The molecule has 0 fully saturated rings. The molecule has 6 heteroatoms. The Morgan fingerprint density at radius 2 is 2.19 bits per heavy atom. The number of pyridine rings is 1. The zero-order valence-electron chi connectivity index (χ0n) is 14.4. The summed E-state index contributed by atoms with van der Waals surface area (Å²) in [5.74, 6) is 1.61. The quantitative estimate of drug-likeness (QED) is 0.644. The van der Waals surface area contributed by atoms with Crippen molar-refractivity contribution in [3.63, 3.8) is 0 Å². The van der Waals surface area contributed by atoms with E-state index in [-0.39, 0.29) is 5.78 Å². The van der Waals surface area contributed by atoms with Crippen LogP contribution in [0.5, 0.6) is 11.5 Å². The zero-order valence-corrected chi connectivity index (χ0v) is 15.2. The molecule has 2 aliphatic rings. The molecule has 0 bridgehead atoms. The summed E-state index contributed by atoms with van der Waals surface area (Å²) in [6, 6.07) is 11.5. The maximum atomic E-state index is 12.8. The first-order valence-electron chi connectivity index (χ1n) is 8.65. The van der Waals surface area contributed by atoms with E-state index in [9.17, 15) is 4.79 Å². The fourth-order valence-corrected chi connectivity index (χ4v) is 4.09. The maximum Gasteiger partial charge on any atom is 0.231 e. The zero-order chi connectivity index (χ0) is 18.2. The van der Waals surface area contributed by atoms with Gasteiger partial charge in [0.05, 0.1) is 11.1 Å². The Balaban J connectivity index is 1.45. The Morgan fingerprint density at radius 3 is 3.00 bits per heavy atom. The Bertz CT molecular complexity index is 1030. The molecule has 4 heterocycles. The lowest BCUT2D eigenvalue weighted by Gasteiger charge is -2.29. The SMILES string of the molecule is O=C1/C(=C/c2cccnc2)Oc2c1ccc1c2CN(Cc2cccs2)CO1. The van der Waals surface area contributed by atoms with Gasteiger partial charge in [-0.3, -0.25) is 14.7 Å². The van der Waals surface area contributed by atoms with Gasteiger partial charge in [-0.05, 0) is 41.3 Å². The third kappa shape index (κ3) is 3.03. The summed E-state index contributed by atoms with van der Waals surface area (Å²) in [7, 11) is 0. The highest BCUT2D eigenvalue weighted by Crippen LogP contribution is 2.42. The molecular weight excluding hydrogens is 360 g/mol. The highest BCUT2D eigenvalue weighted by molar-refractivity contribution is 7.09. The minimum absolute atomic E-state index is 0.105. The lowest BCUT2D eigenvalue weighted by Crippen LogP contribution is -2.31. The molecule has 0 unspecified atom stereocenters. The van der Waals surface area contributed by atoms with Crippen LogP contribution in [-0.4, -0.2) is 22.4 Å². The Labute approximate surface area is 160 Å². The van der Waals surface area contributed by atoms with Gasteiger partial charge in [0.25, 0.3) is 0 Å². The Hall–Kier alpha value is -2.96. The second-order valence-corrected chi connectivity index (χ2v) is 7.52. The third-order valence-corrected chi connectivity index (χ3v) is 5.49. The van der Waals surface area contributed by atoms with Crippen LogP contribution in [0.1, 0.15) is 26.4 Å². The standard InChI is InChI=1S/C21H16N2O3S/c24-20-16-5-6-18-17(12-23(13-25-18)11-15-4-2-8-27-15)21(16)26-19(20)9-14-3-1-7-22-10-14/h1-10H,11-13H2/b19-9-. The monoisotopic (exact) mass is 376 g/mol. The third-order valence-electron chi connectivity index (χ3n) is 4.62. The predicted molar refractivity (Wildman–Crippen MR) is 103 cm³/mol. The van der Waals surface area contributed by atoms with Crippen LogP contribution in [0.15, 0.2) is 59.9 Å². The van der Waals surface area contributed by atoms with E-state index in [1.54, 1.807) is 35.9 Å². The smallest absolute Gasteiger partial charge is 0.231 e. The van der Waals surface area contributed by atoms with Crippen molar-refractivity contribution in [3.8, 4) is 11.5 Å². The largest absolute Gasteiger partial charge is 0.478 e. The summed E-state index contributed by atoms with van der Waals surface area (Å²) in [6.07, 6.45) is 5.13. The second kappa shape index (κ2) is 6.64. The molecule has 134 valence electrons. The number of hydrogen-bond acceptors (Lipinski definition) is 6. The van der Waals surface area contributed by atoms with E-state index in [0.717, 1.165) is 23.4 Å². The van der Waals surface area contributed by atoms with E-state index in [1.165, 1.54) is 4.88 Å². The summed E-state index contributed by atoms with van der Waals surface area (Å²) in [4.78, 5) is 20.3. The van der Waals surface area contributed by atoms with Crippen molar-refractivity contribution < 1.29 is 14.3 Å². The first kappa shape index (κ1) is 16.2. The lowest BCUT2D eigenvalue weighted by molar-refractivity contribution is 0.0882. The van der Waals surface area contributed by atoms with Crippen LogP contribution in [0, 0.1) is 0 Å². The van der Waals surface area contributed by atoms with Crippen LogP contribution in [0.25, 0.3) is 6.08 Å². The number of nitrogens with zero attached hydrogens (tertiary/aromatic N) is 2. The number of hydrogen-bond donors (Lipinski definition) is 0. The highest BCUT2D eigenvalue weighted by atomic mass is 32.1. The molecule has 5 nitrogen and oxygen atoms in total. The second-order valence-electron chi connectivity index (χ2n) is 6.48. The first-order chi connectivity index (χ1) is 13.3. The van der Waals surface area contributed by atoms with Crippen LogP contribution in [-0.2, 0) is 13.1 Å². The molecule has 3 aromatic rings. The van der Waals surface area contributed by atoms with Crippen LogP contribution in [0.2, 0.25) is 0 Å². The minimum Gasteiger partial charge on any atom is -0.478 e. The summed E-state index contributed by atoms with van der Waals surface area (Å²) in [5, 5.41) is 2.07. The van der Waals surface area contributed by atoms with Gasteiger partial charge in [0, 0.05) is 30.4 Å². The van der Waals surface area contributed by atoms with E-state index in [2.05, 4.69) is 21.3 Å². The summed E-state index contributed by atoms with van der Waals surface area (Å²) < 4.78 is 11.9. The van der Waals surface area contributed by atoms with Crippen LogP contribution < -0.4 is 9.47 Å². The number of fused-ring (bicyclic) bond motifs is 3. The molecule has 0 spiro atoms. The number of thiophene rings is 1. The van der Waals surface area contributed by atoms with E-state index in [4.69, 9.17) is 9.47 Å². The molecule has 0 aliphatic carbocycles. The topological polar surface area (TPSA) is 51.7 Å². The molecule has 0 amide bonds. The average Bonchev–Trinajstić information content (AvgIpc) is 3.31. The van der Waals surface area contributed by atoms with Crippen LogP contribution in [0.3, 0.4) is 0 Å². The Morgan fingerprint density at radius 1 is 1.22 bits per heavy atom. The molecule has 2 aromatic heterocycles. The van der Waals surface area contributed by atoms with Gasteiger partial charge in [0.1, 0.15) is 18.2 Å². The van der Waals surface area contributed by atoms with Crippen LogP contribution >= 0.6 is 11.3 Å². The van der Waals surface area contributed by atoms with Crippen molar-refractivity contribution in [1.82, 2.24) is 9.88 Å². The van der Waals surface area contributed by atoms with Gasteiger partial charge in [-0.15, -0.1) is 11.3 Å². The van der Waals surface area contributed by atoms with E-state index < -0.39 is 0 Å². The summed E-state index contributed by atoms with van der Waals surface area (Å²) >= 11 is 1.73. The molecule has 0 saturated heterocycles. The van der Waals surface area contributed by atoms with Gasteiger partial charge in [-0.2, -0.15) is 0 Å². The van der Waals surface area contributed by atoms with Crippen molar-refractivity contribution >= 4 is 23.2 Å². The lowest BCUT2D eigenvalue weighted by atomic mass is 10.0. The number of allylic oxidation sites excluding steroid dienone is 1. The molecule has 0 N–H and O–H groups in total. The fourth-order valence-electron chi connectivity index (χ4n) is 3.34. The molecule has 0 atom stereocenters. The van der Waals surface area contributed by atoms with Crippen molar-refractivity contribution in [3.05, 3.63) is 81.5 Å². The minimum atomic E-state index is -0.105. The van der Waals surface area contributed by atoms with Crippen LogP contribution in [0.4, 0.5) is 0 Å². The molecule has 5 rings (SSSR count). The number of aromatic nitrogens is 1. The van der Waals surface area contributed by atoms with Crippen molar-refractivity contribution in [1.29, 1.82) is 0 Å². The fraction of sp³-hybridized carbons (Fsp3) is 0.143. The number of rotatable bonds is 3. The number of ether oxygens (including phenoxy) is 2. The van der Waals surface area contributed by atoms with Gasteiger partial charge in [-0.25, -0.2) is 0 Å². The number of carbonyl (C=O) groups is 1. The van der Waals surface area contributed by atoms with Gasteiger partial charge >= 0.3 is 0 Å². The Kier molecular flexibility index (Phi) is 3.99. The molecule has 27 heavy (non-hydrogen) atoms. The number of benzene rings is 1. The van der Waals surface area contributed by atoms with E-state index in [0.29, 0.717) is 30.3 Å². The van der Waals surface area contributed by atoms with Crippen molar-refractivity contribution in [2.45, 2.75) is 13.1 Å². The number of carbonyl (C=O) groups excluding carboxylic acids is 1. The molecule has 2 aliphatic heterocycles. The van der Waals surface area contributed by atoms with Gasteiger partial charge < -0.3 is 9.47 Å². The maximum absolute atomic E-state index is 12.8. The van der Waals surface area contributed by atoms with Gasteiger partial charge in [0.2, 0.25) is 5.78 Å². The average molecular weight is 376 g/mol. The summed E-state index contributed by atoms with van der Waals surface area (Å²) in [5.41, 5.74) is 2.35. The molecule has 0 radical (unpaired) electrons. The van der Waals surface area contributed by atoms with Crippen molar-refractivity contribution in [2.24, 2.45) is 0 Å². The normalized spacial score (nSPS) is 17.3. The van der Waals surface area contributed by atoms with Crippen molar-refractivity contribution in [2.75, 3.05) is 6.73 Å². The summed E-state index contributed by atoms with van der Waals surface area (Å²) in [6.45, 7) is 2.02. The van der Waals surface area contributed by atoms with E-state index in [1.807, 2.05) is 24.3 Å². The molecular formula is C21H16N2O3S. The molecule has 0 saturated carbocycles. The molecule has 1 aromatic carbocycles. The van der Waals surface area contributed by atoms with E-state index >= 15 is 0 Å². The van der Waals surface area contributed by atoms with Gasteiger partial charge in [0.15, 0.2) is 5.76 Å². The number of ketones is 1. The number of Topliss-reactive ketones (excluding diaryl/α,β-unsaturated/α-hetero) is 1. The highest BCUT2D eigenvalue weighted by Gasteiger charge is 2.33. The first-order valence-corrected chi connectivity index (χ1v) is 9.53. The van der Waals surface area contributed by atoms with Gasteiger partial charge in [-0.1, -0.05) is 12.1 Å².